The number of hydrogen-bond donors (Lipinski definition) is 0. The summed E-state index contributed by atoms with van der Waals surface area (Å²) in [7, 11) is -4.03. The van der Waals surface area contributed by atoms with Crippen LogP contribution in [0.3, 0.4) is 0 Å². The van der Waals surface area contributed by atoms with Gasteiger partial charge in [0.1, 0.15) is 5.82 Å². The van der Waals surface area contributed by atoms with Gasteiger partial charge in [-0.05, 0) is 38.0 Å². The largest absolute Gasteiger partial charge is 0.377 e. The Labute approximate surface area is 172 Å². The number of aromatic nitrogens is 2. The van der Waals surface area contributed by atoms with Crippen molar-refractivity contribution in [2.24, 2.45) is 0 Å². The molecule has 0 N–H and O–H groups in total. The molecule has 1 spiro atoms. The average molecular weight is 436 g/mol. The molecule has 6 nitrogen and oxygen atoms in total. The molecule has 1 saturated carbocycles. The first kappa shape index (κ1) is 18.8. The Kier molecular flexibility index (Phi) is 4.17. The maximum atomic E-state index is 14.2. The van der Waals surface area contributed by atoms with E-state index in [4.69, 9.17) is 16.3 Å². The molecule has 2 fully saturated rings. The van der Waals surface area contributed by atoms with Crippen LogP contribution in [0.1, 0.15) is 18.4 Å². The predicted octanol–water partition coefficient (Wildman–Crippen LogP) is 3.74. The molecule has 0 bridgehead atoms. The van der Waals surface area contributed by atoms with E-state index in [0.29, 0.717) is 31.0 Å². The summed E-state index contributed by atoms with van der Waals surface area (Å²) >= 11 is 6.38. The second-order valence-corrected chi connectivity index (χ2v) is 9.87. The third-order valence-corrected chi connectivity index (χ3v) is 7.58. The number of ether oxygens (including phenoxy) is 1. The van der Waals surface area contributed by atoms with E-state index in [1.54, 1.807) is 12.1 Å². The molecule has 1 aromatic heterocycles. The van der Waals surface area contributed by atoms with Crippen LogP contribution in [0.5, 0.6) is 0 Å². The zero-order valence-electron chi connectivity index (χ0n) is 15.7. The number of fused-ring (bicyclic) bond motifs is 1. The third-order valence-electron chi connectivity index (χ3n) is 5.68. The van der Waals surface area contributed by atoms with Crippen LogP contribution < -0.4 is 4.90 Å². The first-order chi connectivity index (χ1) is 13.8. The summed E-state index contributed by atoms with van der Waals surface area (Å²) in [6.07, 6.45) is 1.87. The van der Waals surface area contributed by atoms with Gasteiger partial charge in [0.2, 0.25) is 0 Å². The minimum absolute atomic E-state index is 0.0857. The third kappa shape index (κ3) is 2.93. The highest BCUT2D eigenvalue weighted by molar-refractivity contribution is 7.90. The van der Waals surface area contributed by atoms with Gasteiger partial charge in [-0.3, -0.25) is 0 Å². The quantitative estimate of drug-likeness (QED) is 0.627. The van der Waals surface area contributed by atoms with Crippen LogP contribution in [0.4, 0.5) is 10.2 Å². The molecule has 2 heterocycles. The summed E-state index contributed by atoms with van der Waals surface area (Å²) in [5.41, 5.74) is 0.885. The molecule has 2 aromatic carbocycles. The van der Waals surface area contributed by atoms with Crippen molar-refractivity contribution in [2.45, 2.75) is 30.2 Å². The van der Waals surface area contributed by atoms with E-state index in [0.717, 1.165) is 22.5 Å². The molecular formula is C20H19ClFN3O3S. The maximum absolute atomic E-state index is 14.2. The highest BCUT2D eigenvalue weighted by Gasteiger charge is 2.51. The molecule has 1 aliphatic heterocycles. The average Bonchev–Trinajstić information content (AvgIpc) is 3.32. The Morgan fingerprint density at radius 1 is 1.21 bits per heavy atom. The zero-order chi connectivity index (χ0) is 20.4. The molecule has 0 unspecified atom stereocenters. The molecule has 0 atom stereocenters. The van der Waals surface area contributed by atoms with Crippen molar-refractivity contribution in [1.82, 2.24) is 9.19 Å². The van der Waals surface area contributed by atoms with Crippen LogP contribution in [0.15, 0.2) is 41.3 Å². The van der Waals surface area contributed by atoms with E-state index in [2.05, 4.69) is 10.00 Å². The first-order valence-electron chi connectivity index (χ1n) is 9.37. The summed E-state index contributed by atoms with van der Waals surface area (Å²) in [6.45, 7) is 3.52. The van der Waals surface area contributed by atoms with Gasteiger partial charge in [-0.25, -0.2) is 4.39 Å². The minimum atomic E-state index is -4.03. The van der Waals surface area contributed by atoms with Crippen molar-refractivity contribution < 1.29 is 17.5 Å². The van der Waals surface area contributed by atoms with Crippen molar-refractivity contribution in [3.8, 4) is 0 Å². The highest BCUT2D eigenvalue weighted by atomic mass is 35.5. The Bertz CT molecular complexity index is 1220. The van der Waals surface area contributed by atoms with Gasteiger partial charge < -0.3 is 9.64 Å². The molecule has 0 radical (unpaired) electrons. The number of benzene rings is 2. The fourth-order valence-corrected chi connectivity index (χ4v) is 5.48. The second-order valence-electron chi connectivity index (χ2n) is 7.69. The lowest BCUT2D eigenvalue weighted by molar-refractivity contribution is 0.0861. The Hall–Kier alpha value is -2.16. The van der Waals surface area contributed by atoms with Gasteiger partial charge in [0.05, 0.1) is 39.6 Å². The zero-order valence-corrected chi connectivity index (χ0v) is 17.3. The van der Waals surface area contributed by atoms with Gasteiger partial charge in [-0.1, -0.05) is 29.3 Å². The van der Waals surface area contributed by atoms with E-state index in [1.807, 2.05) is 6.92 Å². The van der Waals surface area contributed by atoms with Crippen molar-refractivity contribution in [3.05, 3.63) is 52.8 Å². The van der Waals surface area contributed by atoms with E-state index in [-0.39, 0.29) is 21.0 Å². The SMILES string of the molecule is Cc1ccc(S(=O)(=O)n2nc(N3CCOCC34CC4)c3c(Cl)cc(F)cc32)cc1. The number of halogens is 2. The van der Waals surface area contributed by atoms with Crippen LogP contribution in [-0.4, -0.2) is 42.9 Å². The van der Waals surface area contributed by atoms with Crippen LogP contribution >= 0.6 is 11.6 Å². The molecule has 2 aliphatic rings. The van der Waals surface area contributed by atoms with Gasteiger partial charge in [0, 0.05) is 12.6 Å². The highest BCUT2D eigenvalue weighted by Crippen LogP contribution is 2.48. The predicted molar refractivity (Wildman–Crippen MR) is 109 cm³/mol. The standard InChI is InChI=1S/C20H19ClFN3O3S/c1-13-2-4-15(5-3-13)29(26,27)25-17-11-14(22)10-16(21)18(17)19(23-25)24-8-9-28-12-20(24)6-7-20/h2-5,10-11H,6-9,12H2,1H3. The lowest BCUT2D eigenvalue weighted by atomic mass is 10.1. The molecule has 152 valence electrons. The van der Waals surface area contributed by atoms with Gasteiger partial charge in [-0.15, -0.1) is 5.10 Å². The Morgan fingerprint density at radius 3 is 2.62 bits per heavy atom. The number of morpholine rings is 1. The molecular weight excluding hydrogens is 417 g/mol. The first-order valence-corrected chi connectivity index (χ1v) is 11.2. The van der Waals surface area contributed by atoms with E-state index in [1.165, 1.54) is 24.3 Å². The maximum Gasteiger partial charge on any atom is 0.283 e. The normalized spacial score (nSPS) is 18.5. The molecule has 29 heavy (non-hydrogen) atoms. The molecule has 3 aromatic rings. The van der Waals surface area contributed by atoms with Crippen molar-refractivity contribution in [2.75, 3.05) is 24.7 Å². The molecule has 9 heteroatoms. The monoisotopic (exact) mass is 435 g/mol. The smallest absolute Gasteiger partial charge is 0.283 e. The molecule has 5 rings (SSSR count). The van der Waals surface area contributed by atoms with Crippen LogP contribution in [0.2, 0.25) is 5.02 Å². The van der Waals surface area contributed by atoms with Crippen LogP contribution in [0.25, 0.3) is 10.9 Å². The minimum Gasteiger partial charge on any atom is -0.377 e. The summed E-state index contributed by atoms with van der Waals surface area (Å²) in [5, 5.41) is 5.05. The Morgan fingerprint density at radius 2 is 1.93 bits per heavy atom. The fourth-order valence-electron chi connectivity index (χ4n) is 3.93. The molecule has 1 saturated heterocycles. The van der Waals surface area contributed by atoms with Crippen LogP contribution in [-0.2, 0) is 14.8 Å². The summed E-state index contributed by atoms with van der Waals surface area (Å²) < 4.78 is 47.4. The second kappa shape index (κ2) is 6.42. The summed E-state index contributed by atoms with van der Waals surface area (Å²) in [6, 6.07) is 8.84. The lowest BCUT2D eigenvalue weighted by Gasteiger charge is -2.36. The van der Waals surface area contributed by atoms with E-state index in [9.17, 15) is 12.8 Å². The van der Waals surface area contributed by atoms with Crippen molar-refractivity contribution in [1.29, 1.82) is 0 Å². The number of rotatable bonds is 3. The van der Waals surface area contributed by atoms with Crippen molar-refractivity contribution >= 4 is 38.3 Å². The van der Waals surface area contributed by atoms with Gasteiger partial charge in [0.15, 0.2) is 5.82 Å². The number of nitrogens with zero attached hydrogens (tertiary/aromatic N) is 3. The number of anilines is 1. The van der Waals surface area contributed by atoms with Crippen molar-refractivity contribution in [3.63, 3.8) is 0 Å². The topological polar surface area (TPSA) is 64.4 Å². The molecule has 1 aliphatic carbocycles. The van der Waals surface area contributed by atoms with E-state index >= 15 is 0 Å². The van der Waals surface area contributed by atoms with E-state index < -0.39 is 15.8 Å². The molecule has 0 amide bonds. The number of hydrogen-bond acceptors (Lipinski definition) is 5. The van der Waals surface area contributed by atoms with Gasteiger partial charge >= 0.3 is 0 Å². The fraction of sp³-hybridized carbons (Fsp3) is 0.350. The summed E-state index contributed by atoms with van der Waals surface area (Å²) in [5.74, 6) is -0.154. The lowest BCUT2D eigenvalue weighted by Crippen LogP contribution is -2.48. The van der Waals surface area contributed by atoms with Crippen LogP contribution in [0, 0.1) is 12.7 Å². The Balaban J connectivity index is 1.75. The van der Waals surface area contributed by atoms with Gasteiger partial charge in [-0.2, -0.15) is 12.5 Å². The number of aryl methyl sites for hydroxylation is 1. The van der Waals surface area contributed by atoms with Gasteiger partial charge in [0.25, 0.3) is 10.0 Å². The summed E-state index contributed by atoms with van der Waals surface area (Å²) in [4.78, 5) is 2.16.